The Morgan fingerprint density at radius 1 is 1.03 bits per heavy atom. The van der Waals surface area contributed by atoms with Crippen LogP contribution in [0.15, 0.2) is 55.0 Å². The fourth-order valence-electron chi connectivity index (χ4n) is 4.78. The van der Waals surface area contributed by atoms with E-state index in [2.05, 4.69) is 20.2 Å². The lowest BCUT2D eigenvalue weighted by Crippen LogP contribution is -2.37. The van der Waals surface area contributed by atoms with Crippen LogP contribution >= 0.6 is 0 Å². The maximum absolute atomic E-state index is 13.1. The lowest BCUT2D eigenvalue weighted by atomic mass is 9.97. The molecular formula is C25H24F2N6O2. The number of nitrogens with zero attached hydrogens (tertiary/aromatic N) is 5. The lowest BCUT2D eigenvalue weighted by Gasteiger charge is -2.26. The molecular weight excluding hydrogens is 454 g/mol. The molecule has 2 aliphatic rings. The van der Waals surface area contributed by atoms with Crippen LogP contribution in [-0.4, -0.2) is 58.8 Å². The Kier molecular flexibility index (Phi) is 5.75. The van der Waals surface area contributed by atoms with Crippen LogP contribution in [-0.2, 0) is 11.2 Å². The van der Waals surface area contributed by atoms with Gasteiger partial charge in [-0.2, -0.15) is 8.78 Å². The zero-order chi connectivity index (χ0) is 23.8. The molecule has 0 amide bonds. The quantitative estimate of drug-likeness (QED) is 0.471. The number of fused-ring (bicyclic) bond motifs is 3. The predicted octanol–water partition coefficient (Wildman–Crippen LogP) is 3.46. The number of aromatic nitrogens is 4. The molecule has 0 saturated carbocycles. The van der Waals surface area contributed by atoms with Gasteiger partial charge in [0.2, 0.25) is 5.95 Å². The molecule has 8 nitrogen and oxygen atoms in total. The van der Waals surface area contributed by atoms with E-state index in [-0.39, 0.29) is 11.8 Å². The molecule has 4 aromatic rings. The van der Waals surface area contributed by atoms with E-state index >= 15 is 0 Å². The van der Waals surface area contributed by atoms with E-state index in [1.54, 1.807) is 12.1 Å². The van der Waals surface area contributed by atoms with Crippen LogP contribution in [0, 0.1) is 0 Å². The number of hydrogen-bond donors (Lipinski definition) is 1. The first-order valence-electron chi connectivity index (χ1n) is 11.6. The monoisotopic (exact) mass is 478 g/mol. The second kappa shape index (κ2) is 9.20. The number of anilines is 1. The molecule has 1 saturated heterocycles. The Morgan fingerprint density at radius 3 is 2.63 bits per heavy atom. The first-order chi connectivity index (χ1) is 17.2. The van der Waals surface area contributed by atoms with Gasteiger partial charge in [0.15, 0.2) is 0 Å². The van der Waals surface area contributed by atoms with Crippen LogP contribution in [0.2, 0.25) is 0 Å². The van der Waals surface area contributed by atoms with Gasteiger partial charge < -0.3 is 24.1 Å². The minimum atomic E-state index is -2.89. The molecule has 1 N–H and O–H groups in total. The normalized spacial score (nSPS) is 18.1. The Hall–Kier alpha value is -3.63. The van der Waals surface area contributed by atoms with Gasteiger partial charge in [-0.3, -0.25) is 0 Å². The highest BCUT2D eigenvalue weighted by Crippen LogP contribution is 2.35. The number of hydrogen-bond acceptors (Lipinski definition) is 7. The molecule has 1 unspecified atom stereocenters. The van der Waals surface area contributed by atoms with E-state index in [0.717, 1.165) is 47.7 Å². The third-order valence-corrected chi connectivity index (χ3v) is 6.43. The van der Waals surface area contributed by atoms with Crippen LogP contribution in [0.4, 0.5) is 14.7 Å². The minimum Gasteiger partial charge on any atom is -0.434 e. The first-order valence-corrected chi connectivity index (χ1v) is 11.6. The van der Waals surface area contributed by atoms with Gasteiger partial charge in [-0.25, -0.2) is 15.0 Å². The fraction of sp³-hybridized carbons (Fsp3) is 0.320. The number of benzene rings is 1. The highest BCUT2D eigenvalue weighted by molar-refractivity contribution is 5.64. The van der Waals surface area contributed by atoms with E-state index in [4.69, 9.17) is 14.5 Å². The zero-order valence-corrected chi connectivity index (χ0v) is 18.9. The molecule has 1 fully saturated rings. The van der Waals surface area contributed by atoms with Crippen LogP contribution < -0.4 is 15.0 Å². The van der Waals surface area contributed by atoms with Gasteiger partial charge in [-0.15, -0.1) is 0 Å². The summed E-state index contributed by atoms with van der Waals surface area (Å²) in [7, 11) is 0. The van der Waals surface area contributed by atoms with Gasteiger partial charge in [0.25, 0.3) is 0 Å². The van der Waals surface area contributed by atoms with E-state index in [1.165, 1.54) is 0 Å². The van der Waals surface area contributed by atoms with E-state index in [1.807, 2.05) is 47.3 Å². The summed E-state index contributed by atoms with van der Waals surface area (Å²) in [6.45, 7) is 0.694. The van der Waals surface area contributed by atoms with E-state index in [9.17, 15) is 8.78 Å². The average molecular weight is 479 g/mol. The van der Waals surface area contributed by atoms with Gasteiger partial charge >= 0.3 is 6.61 Å². The molecule has 0 spiro atoms. The van der Waals surface area contributed by atoms with Crippen LogP contribution in [0.3, 0.4) is 0 Å². The lowest BCUT2D eigenvalue weighted by molar-refractivity contribution is -0.0506. The number of nitrogens with one attached hydrogen (secondary N) is 1. The summed E-state index contributed by atoms with van der Waals surface area (Å²) in [6, 6.07) is 10.5. The van der Waals surface area contributed by atoms with Crippen molar-refractivity contribution in [3.8, 4) is 16.9 Å². The number of ether oxygens (including phenoxy) is 2. The van der Waals surface area contributed by atoms with Crippen molar-refractivity contribution < 1.29 is 18.3 Å². The summed E-state index contributed by atoms with van der Waals surface area (Å²) in [5.74, 6) is 0.851. The molecule has 10 heteroatoms. The molecule has 2 aliphatic heterocycles. The number of rotatable bonds is 5. The molecule has 0 radical (unpaired) electrons. The molecule has 1 aromatic carbocycles. The summed E-state index contributed by atoms with van der Waals surface area (Å²) >= 11 is 0. The second-order valence-electron chi connectivity index (χ2n) is 8.51. The number of halogens is 2. The number of para-hydroxylation sites is 1. The maximum atomic E-state index is 13.1. The first kappa shape index (κ1) is 21.9. The Bertz CT molecular complexity index is 1340. The molecule has 0 bridgehead atoms. The third-order valence-electron chi connectivity index (χ3n) is 6.43. The van der Waals surface area contributed by atoms with Crippen molar-refractivity contribution in [3.63, 3.8) is 0 Å². The van der Waals surface area contributed by atoms with Crippen LogP contribution in [0.1, 0.15) is 23.0 Å². The Morgan fingerprint density at radius 2 is 1.83 bits per heavy atom. The van der Waals surface area contributed by atoms with Crippen molar-refractivity contribution in [1.82, 2.24) is 24.7 Å². The van der Waals surface area contributed by atoms with E-state index in [0.29, 0.717) is 31.3 Å². The number of alkyl halides is 2. The summed E-state index contributed by atoms with van der Waals surface area (Å²) < 4.78 is 38.4. The smallest absolute Gasteiger partial charge is 0.387 e. The SMILES string of the molecule is FC(F)Oc1ccccc1C1NCCc2nc3ccc(-c4cnc(N5CCOCC5)nc4)cn3c21. The molecule has 3 aromatic heterocycles. The molecule has 35 heavy (non-hydrogen) atoms. The van der Waals surface area contributed by atoms with Gasteiger partial charge in [0, 0.05) is 61.3 Å². The van der Waals surface area contributed by atoms with Crippen molar-refractivity contribution in [2.75, 3.05) is 37.7 Å². The van der Waals surface area contributed by atoms with Gasteiger partial charge in [-0.05, 0) is 18.2 Å². The molecule has 5 heterocycles. The molecule has 1 atom stereocenters. The highest BCUT2D eigenvalue weighted by Gasteiger charge is 2.29. The van der Waals surface area contributed by atoms with Gasteiger partial charge in [-0.1, -0.05) is 18.2 Å². The third kappa shape index (κ3) is 4.19. The van der Waals surface area contributed by atoms with Crippen LogP contribution in [0.25, 0.3) is 16.8 Å². The minimum absolute atomic E-state index is 0.158. The molecule has 6 rings (SSSR count). The summed E-state index contributed by atoms with van der Waals surface area (Å²) in [4.78, 5) is 16.1. The largest absolute Gasteiger partial charge is 0.434 e. The molecule has 0 aliphatic carbocycles. The standard InChI is InChI=1S/C25H24F2N6O2/c26-24(27)35-20-4-2-1-3-18(20)22-23-19(7-8-28-22)31-21-6-5-16(15-33(21)23)17-13-29-25(30-14-17)32-9-11-34-12-10-32/h1-6,13-15,22,24,28H,7-12H2. The summed E-state index contributed by atoms with van der Waals surface area (Å²) in [6.07, 6.45) is 6.40. The van der Waals surface area contributed by atoms with Crippen molar-refractivity contribution in [2.24, 2.45) is 0 Å². The van der Waals surface area contributed by atoms with Crippen molar-refractivity contribution in [1.29, 1.82) is 0 Å². The van der Waals surface area contributed by atoms with Crippen molar-refractivity contribution in [2.45, 2.75) is 19.1 Å². The second-order valence-corrected chi connectivity index (χ2v) is 8.51. The molecule has 180 valence electrons. The number of imidazole rings is 1. The average Bonchev–Trinajstić information content (AvgIpc) is 3.27. The van der Waals surface area contributed by atoms with Crippen LogP contribution in [0.5, 0.6) is 5.75 Å². The summed E-state index contributed by atoms with van der Waals surface area (Å²) in [5.41, 5.74) is 5.13. The summed E-state index contributed by atoms with van der Waals surface area (Å²) in [5, 5.41) is 3.46. The van der Waals surface area contributed by atoms with Gasteiger partial charge in [0.05, 0.1) is 30.6 Å². The van der Waals surface area contributed by atoms with E-state index < -0.39 is 6.61 Å². The predicted molar refractivity (Wildman–Crippen MR) is 126 cm³/mol. The highest BCUT2D eigenvalue weighted by atomic mass is 19.3. The van der Waals surface area contributed by atoms with Crippen molar-refractivity contribution in [3.05, 3.63) is 71.9 Å². The number of pyridine rings is 1. The topological polar surface area (TPSA) is 76.8 Å². The number of morpholine rings is 1. The Labute approximate surface area is 200 Å². The van der Waals surface area contributed by atoms with Crippen molar-refractivity contribution >= 4 is 11.6 Å². The Balaban J connectivity index is 1.38. The fourth-order valence-corrected chi connectivity index (χ4v) is 4.78. The zero-order valence-electron chi connectivity index (χ0n) is 18.9. The van der Waals surface area contributed by atoms with Gasteiger partial charge in [0.1, 0.15) is 11.4 Å². The maximum Gasteiger partial charge on any atom is 0.387 e.